The Morgan fingerprint density at radius 2 is 2.04 bits per heavy atom. The molecule has 0 fully saturated rings. The van der Waals surface area contributed by atoms with E-state index in [0.717, 1.165) is 10.5 Å². The highest BCUT2D eigenvalue weighted by Gasteiger charge is 2.12. The van der Waals surface area contributed by atoms with E-state index in [1.165, 1.54) is 24.3 Å². The topological polar surface area (TPSA) is 62.0 Å². The summed E-state index contributed by atoms with van der Waals surface area (Å²) in [5, 5.41) is 3.31. The number of hydrogen-bond acceptors (Lipinski definition) is 3. The summed E-state index contributed by atoms with van der Waals surface area (Å²) < 4.78 is 13.3. The van der Waals surface area contributed by atoms with Crippen LogP contribution in [0.4, 0.5) is 4.39 Å². The lowest BCUT2D eigenvalue weighted by Gasteiger charge is -2.09. The Labute approximate surface area is 142 Å². The lowest BCUT2D eigenvalue weighted by molar-refractivity contribution is 0.0952. The number of aromatic amines is 1. The number of aromatic nitrogens is 1. The molecule has 3 rings (SSSR count). The highest BCUT2D eigenvalue weighted by molar-refractivity contribution is 7.98. The fourth-order valence-corrected chi connectivity index (χ4v) is 2.96. The minimum atomic E-state index is -0.468. The first kappa shape index (κ1) is 16.3. The summed E-state index contributed by atoms with van der Waals surface area (Å²) in [4.78, 5) is 27.8. The van der Waals surface area contributed by atoms with Crippen molar-refractivity contribution < 1.29 is 9.18 Å². The Bertz CT molecular complexity index is 969. The number of amides is 1. The fraction of sp³-hybridized carbons (Fsp3) is 0.111. The van der Waals surface area contributed by atoms with Crippen LogP contribution in [-0.2, 0) is 6.54 Å². The van der Waals surface area contributed by atoms with Crippen LogP contribution in [-0.4, -0.2) is 17.1 Å². The van der Waals surface area contributed by atoms with Crippen molar-refractivity contribution in [3.8, 4) is 0 Å². The number of nitrogens with one attached hydrogen (secondary N) is 2. The zero-order chi connectivity index (χ0) is 17.1. The molecule has 0 radical (unpaired) electrons. The molecule has 0 unspecified atom stereocenters. The van der Waals surface area contributed by atoms with Gasteiger partial charge >= 0.3 is 0 Å². The largest absolute Gasteiger partial charge is 0.348 e. The van der Waals surface area contributed by atoms with Crippen molar-refractivity contribution >= 4 is 28.6 Å². The molecule has 2 aromatic carbocycles. The third kappa shape index (κ3) is 3.49. The van der Waals surface area contributed by atoms with Crippen molar-refractivity contribution in [2.45, 2.75) is 11.4 Å². The van der Waals surface area contributed by atoms with Gasteiger partial charge < -0.3 is 10.3 Å². The van der Waals surface area contributed by atoms with Gasteiger partial charge in [0, 0.05) is 22.9 Å². The van der Waals surface area contributed by atoms with E-state index in [1.54, 1.807) is 11.8 Å². The third-order valence-corrected chi connectivity index (χ3v) is 4.36. The highest BCUT2D eigenvalue weighted by atomic mass is 32.2. The Morgan fingerprint density at radius 1 is 1.21 bits per heavy atom. The van der Waals surface area contributed by atoms with Crippen molar-refractivity contribution in [2.24, 2.45) is 0 Å². The Morgan fingerprint density at radius 3 is 2.83 bits per heavy atom. The maximum Gasteiger partial charge on any atom is 0.252 e. The number of benzene rings is 2. The quantitative estimate of drug-likeness (QED) is 0.715. The summed E-state index contributed by atoms with van der Waals surface area (Å²) in [5.41, 5.74) is 1.06. The maximum absolute atomic E-state index is 13.3. The molecule has 6 heteroatoms. The van der Waals surface area contributed by atoms with Crippen LogP contribution >= 0.6 is 11.8 Å². The van der Waals surface area contributed by atoms with Crippen LogP contribution in [0.2, 0.25) is 0 Å². The molecular formula is C18H15FN2O2S. The summed E-state index contributed by atoms with van der Waals surface area (Å²) in [5.74, 6) is -0.836. The number of fused-ring (bicyclic) bond motifs is 1. The van der Waals surface area contributed by atoms with Crippen molar-refractivity contribution in [1.29, 1.82) is 0 Å². The van der Waals surface area contributed by atoms with Gasteiger partial charge in [-0.3, -0.25) is 9.59 Å². The fourth-order valence-electron chi connectivity index (χ4n) is 2.48. The molecule has 0 saturated carbocycles. The van der Waals surface area contributed by atoms with Gasteiger partial charge in [0.25, 0.3) is 5.91 Å². The van der Waals surface area contributed by atoms with E-state index in [1.807, 2.05) is 30.5 Å². The van der Waals surface area contributed by atoms with Crippen LogP contribution in [0, 0.1) is 5.82 Å². The zero-order valence-electron chi connectivity index (χ0n) is 12.9. The molecule has 24 heavy (non-hydrogen) atoms. The molecule has 0 aliphatic rings. The first-order chi connectivity index (χ1) is 11.6. The SMILES string of the molecule is CSc1cccc(CNC(=O)c2cc(=O)[nH]c3cc(F)ccc23)c1. The van der Waals surface area contributed by atoms with Crippen LogP contribution in [0.3, 0.4) is 0 Å². The van der Waals surface area contributed by atoms with Crippen LogP contribution in [0.25, 0.3) is 10.9 Å². The third-order valence-electron chi connectivity index (χ3n) is 3.64. The van der Waals surface area contributed by atoms with Gasteiger partial charge in [-0.2, -0.15) is 0 Å². The van der Waals surface area contributed by atoms with E-state index in [2.05, 4.69) is 10.3 Å². The predicted octanol–water partition coefficient (Wildman–Crippen LogP) is 3.32. The molecule has 2 N–H and O–H groups in total. The van der Waals surface area contributed by atoms with Crippen molar-refractivity contribution in [3.63, 3.8) is 0 Å². The average Bonchev–Trinajstić information content (AvgIpc) is 2.58. The summed E-state index contributed by atoms with van der Waals surface area (Å²) >= 11 is 1.63. The number of pyridine rings is 1. The molecule has 3 aromatic rings. The van der Waals surface area contributed by atoms with Gasteiger partial charge in [0.1, 0.15) is 5.82 Å². The van der Waals surface area contributed by atoms with E-state index in [-0.39, 0.29) is 11.5 Å². The Kier molecular flexibility index (Phi) is 4.66. The minimum absolute atomic E-state index is 0.231. The molecule has 0 atom stereocenters. The van der Waals surface area contributed by atoms with Gasteiger partial charge in [0.2, 0.25) is 5.56 Å². The number of carbonyl (C=O) groups excluding carboxylic acids is 1. The molecule has 4 nitrogen and oxygen atoms in total. The smallest absolute Gasteiger partial charge is 0.252 e. The maximum atomic E-state index is 13.3. The normalized spacial score (nSPS) is 10.8. The van der Waals surface area contributed by atoms with Crippen LogP contribution < -0.4 is 10.9 Å². The molecule has 0 aliphatic carbocycles. The average molecular weight is 342 g/mol. The Balaban J connectivity index is 1.87. The Hall–Kier alpha value is -2.60. The molecule has 1 aromatic heterocycles. The molecule has 0 spiro atoms. The number of H-pyrrole nitrogens is 1. The molecule has 1 heterocycles. The predicted molar refractivity (Wildman–Crippen MR) is 93.9 cm³/mol. The van der Waals surface area contributed by atoms with E-state index >= 15 is 0 Å². The molecule has 122 valence electrons. The van der Waals surface area contributed by atoms with Crippen LogP contribution in [0.1, 0.15) is 15.9 Å². The number of rotatable bonds is 4. The second-order valence-corrected chi connectivity index (χ2v) is 6.15. The summed E-state index contributed by atoms with van der Waals surface area (Å²) in [7, 11) is 0. The first-order valence-corrected chi connectivity index (χ1v) is 8.53. The molecule has 0 saturated heterocycles. The lowest BCUT2D eigenvalue weighted by Crippen LogP contribution is -2.24. The second-order valence-electron chi connectivity index (χ2n) is 5.27. The van der Waals surface area contributed by atoms with Crippen LogP contribution in [0.5, 0.6) is 0 Å². The van der Waals surface area contributed by atoms with Gasteiger partial charge in [-0.25, -0.2) is 4.39 Å². The number of carbonyl (C=O) groups is 1. The van der Waals surface area contributed by atoms with Gasteiger partial charge in [-0.15, -0.1) is 11.8 Å². The van der Waals surface area contributed by atoms with Gasteiger partial charge in [0.05, 0.1) is 11.1 Å². The number of hydrogen-bond donors (Lipinski definition) is 2. The van der Waals surface area contributed by atoms with E-state index < -0.39 is 11.4 Å². The van der Waals surface area contributed by atoms with Crippen molar-refractivity contribution in [3.05, 3.63) is 75.8 Å². The van der Waals surface area contributed by atoms with Gasteiger partial charge in [-0.1, -0.05) is 12.1 Å². The van der Waals surface area contributed by atoms with E-state index in [9.17, 15) is 14.0 Å². The second kappa shape index (κ2) is 6.88. The van der Waals surface area contributed by atoms with Gasteiger partial charge in [-0.05, 0) is 42.2 Å². The first-order valence-electron chi connectivity index (χ1n) is 7.30. The summed E-state index contributed by atoms with van der Waals surface area (Å²) in [6, 6.07) is 13.0. The summed E-state index contributed by atoms with van der Waals surface area (Å²) in [6.45, 7) is 0.350. The van der Waals surface area contributed by atoms with E-state index in [0.29, 0.717) is 17.4 Å². The monoisotopic (exact) mass is 342 g/mol. The summed E-state index contributed by atoms with van der Waals surface area (Å²) in [6.07, 6.45) is 1.99. The van der Waals surface area contributed by atoms with Gasteiger partial charge in [0.15, 0.2) is 0 Å². The van der Waals surface area contributed by atoms with E-state index in [4.69, 9.17) is 0 Å². The van der Waals surface area contributed by atoms with Crippen LogP contribution in [0.15, 0.2) is 58.2 Å². The lowest BCUT2D eigenvalue weighted by atomic mass is 10.1. The highest BCUT2D eigenvalue weighted by Crippen LogP contribution is 2.18. The number of halogens is 1. The molecule has 0 bridgehead atoms. The van der Waals surface area contributed by atoms with Crippen molar-refractivity contribution in [1.82, 2.24) is 10.3 Å². The minimum Gasteiger partial charge on any atom is -0.348 e. The standard InChI is InChI=1S/C18H15FN2O2S/c1-24-13-4-2-3-11(7-13)10-20-18(23)15-9-17(22)21-16-8-12(19)5-6-14(15)16/h2-9H,10H2,1H3,(H,20,23)(H,21,22). The molecule has 1 amide bonds. The zero-order valence-corrected chi connectivity index (χ0v) is 13.7. The number of thioether (sulfide) groups is 1. The van der Waals surface area contributed by atoms with Crippen molar-refractivity contribution in [2.75, 3.05) is 6.26 Å². The molecular weight excluding hydrogens is 327 g/mol. The molecule has 0 aliphatic heterocycles.